The molecule has 4 atom stereocenters. The largest absolute Gasteiger partial charge is 0.471 e. The quantitative estimate of drug-likeness (QED) is 0.338. The van der Waals surface area contributed by atoms with Gasteiger partial charge in [-0.25, -0.2) is 8.78 Å². The third-order valence-electron chi connectivity index (χ3n) is 7.73. The van der Waals surface area contributed by atoms with Gasteiger partial charge in [0.15, 0.2) is 0 Å². The van der Waals surface area contributed by atoms with Crippen molar-refractivity contribution < 1.29 is 45.9 Å². The Balaban J connectivity index is 1.87. The van der Waals surface area contributed by atoms with Crippen molar-refractivity contribution in [3.63, 3.8) is 0 Å². The monoisotopic (exact) mass is 567 g/mol. The molecule has 10 nitrogen and oxygen atoms in total. The molecule has 0 aromatic heterocycles. The Labute approximate surface area is 222 Å². The third-order valence-corrected chi connectivity index (χ3v) is 7.73. The number of nitrogens with one attached hydrogen (secondary N) is 3. The topological polar surface area (TPSA) is 151 Å². The number of carbonyl (C=O) groups is 5. The smallest absolute Gasteiger partial charge is 0.368 e. The lowest BCUT2D eigenvalue weighted by Gasteiger charge is -2.54. The van der Waals surface area contributed by atoms with E-state index < -0.39 is 83.4 Å². The zero-order valence-electron chi connectivity index (χ0n) is 21.9. The predicted molar refractivity (Wildman–Crippen MR) is 126 cm³/mol. The van der Waals surface area contributed by atoms with Crippen molar-refractivity contribution in [2.45, 2.75) is 89.5 Å². The molecular weight excluding hydrogens is 533 g/mol. The van der Waals surface area contributed by atoms with Crippen molar-refractivity contribution >= 4 is 29.5 Å². The van der Waals surface area contributed by atoms with Crippen molar-refractivity contribution in [3.05, 3.63) is 0 Å². The summed E-state index contributed by atoms with van der Waals surface area (Å²) in [5.74, 6) is -9.07. The maximum atomic E-state index is 13.8. The molecule has 3 rings (SSSR count). The van der Waals surface area contributed by atoms with E-state index in [1.165, 1.54) is 20.8 Å². The van der Waals surface area contributed by atoms with Crippen molar-refractivity contribution in [2.24, 2.45) is 22.5 Å². The van der Waals surface area contributed by atoms with Crippen LogP contribution in [0.1, 0.15) is 59.3 Å². The Morgan fingerprint density at radius 2 is 1.74 bits per heavy atom. The average Bonchev–Trinajstić information content (AvgIpc) is 3.17. The maximum absolute atomic E-state index is 13.8. The van der Waals surface area contributed by atoms with Crippen LogP contribution in [0.25, 0.3) is 0 Å². The number of carbonyl (C=O) groups excluding carboxylic acids is 5. The Hall–Kier alpha value is -3.00. The second-order valence-corrected chi connectivity index (χ2v) is 12.0. The zero-order chi connectivity index (χ0) is 29.6. The number of hydrogen-bond donors (Lipinski definition) is 4. The lowest BCUT2D eigenvalue weighted by atomic mass is 9.59. The first-order valence-electron chi connectivity index (χ1n) is 12.7. The first kappa shape index (κ1) is 30.5. The van der Waals surface area contributed by atoms with Crippen LogP contribution in [-0.4, -0.2) is 77.7 Å². The fraction of sp³-hybridized carbons (Fsp3) is 0.792. The van der Waals surface area contributed by atoms with E-state index in [2.05, 4.69) is 10.6 Å². The van der Waals surface area contributed by atoms with E-state index in [1.807, 2.05) is 0 Å². The molecule has 2 aliphatic heterocycles. The number of amides is 5. The summed E-state index contributed by atoms with van der Waals surface area (Å²) < 4.78 is 66.7. The standard InChI is InChI=1S/C24H34F5N5O5/c1-21(2,3)15(33-20(39)24(27,28)29)19(38)34-7-5-22(10-23(25,26)11-22)9-14(34)18(37)32-13(16(30)35)8-12-4-6-31-17(12)36/h12-15H,4-11H2,1-3H3,(H2,30,35)(H,31,36)(H,32,37)(H,33,39)/t12-,13?,14-,15?/m0/s1. The van der Waals surface area contributed by atoms with Gasteiger partial charge in [-0.2, -0.15) is 13.2 Å². The van der Waals surface area contributed by atoms with Crippen LogP contribution in [0.4, 0.5) is 22.0 Å². The van der Waals surface area contributed by atoms with Crippen LogP contribution in [0, 0.1) is 16.7 Å². The molecule has 2 heterocycles. The van der Waals surface area contributed by atoms with Crippen molar-refractivity contribution in [1.82, 2.24) is 20.9 Å². The minimum Gasteiger partial charge on any atom is -0.368 e. The third kappa shape index (κ3) is 6.96. The summed E-state index contributed by atoms with van der Waals surface area (Å²) in [4.78, 5) is 63.8. The van der Waals surface area contributed by atoms with Gasteiger partial charge in [-0.1, -0.05) is 20.8 Å². The summed E-state index contributed by atoms with van der Waals surface area (Å²) in [7, 11) is 0. The molecule has 5 amide bonds. The number of alkyl halides is 5. The van der Waals surface area contributed by atoms with E-state index in [0.717, 1.165) is 4.90 Å². The first-order chi connectivity index (χ1) is 17.7. The number of halogens is 5. The number of primary amides is 1. The number of rotatable bonds is 7. The molecule has 39 heavy (non-hydrogen) atoms. The molecule has 3 aliphatic rings. The van der Waals surface area contributed by atoms with Crippen LogP contribution >= 0.6 is 0 Å². The van der Waals surface area contributed by atoms with E-state index >= 15 is 0 Å². The zero-order valence-corrected chi connectivity index (χ0v) is 21.9. The molecule has 3 fully saturated rings. The van der Waals surface area contributed by atoms with Gasteiger partial charge in [0.1, 0.15) is 18.1 Å². The van der Waals surface area contributed by atoms with Gasteiger partial charge in [-0.15, -0.1) is 0 Å². The van der Waals surface area contributed by atoms with Gasteiger partial charge in [-0.3, -0.25) is 24.0 Å². The maximum Gasteiger partial charge on any atom is 0.471 e. The first-order valence-corrected chi connectivity index (χ1v) is 12.7. The van der Waals surface area contributed by atoms with Gasteiger partial charge >= 0.3 is 12.1 Å². The Morgan fingerprint density at radius 1 is 1.13 bits per heavy atom. The Kier molecular flexibility index (Phi) is 8.24. The van der Waals surface area contributed by atoms with Gasteiger partial charge in [0.05, 0.1) is 0 Å². The molecule has 0 aromatic carbocycles. The molecule has 0 bridgehead atoms. The lowest BCUT2D eigenvalue weighted by Crippen LogP contribution is -2.66. The highest BCUT2D eigenvalue weighted by molar-refractivity contribution is 5.95. The molecule has 0 radical (unpaired) electrons. The molecular formula is C24H34F5N5O5. The molecule has 1 spiro atoms. The van der Waals surface area contributed by atoms with Gasteiger partial charge in [0.2, 0.25) is 29.6 Å². The number of nitrogens with two attached hydrogens (primary N) is 1. The SMILES string of the molecule is CC(C)(C)C(NC(=O)C(F)(F)F)C(=O)N1CCC2(C[C@H]1C(=O)NC(C[C@@H]1CCNC1=O)C(N)=O)CC(F)(F)C2. The van der Waals surface area contributed by atoms with E-state index in [9.17, 15) is 45.9 Å². The van der Waals surface area contributed by atoms with Crippen LogP contribution in [0.3, 0.4) is 0 Å². The van der Waals surface area contributed by atoms with Gasteiger partial charge in [0.25, 0.3) is 0 Å². The minimum atomic E-state index is -5.27. The summed E-state index contributed by atoms with van der Waals surface area (Å²) in [6.07, 6.45) is -6.20. The molecule has 220 valence electrons. The second kappa shape index (κ2) is 10.5. The highest BCUT2D eigenvalue weighted by atomic mass is 19.4. The van der Waals surface area contributed by atoms with Crippen molar-refractivity contribution in [2.75, 3.05) is 13.1 Å². The molecule has 1 saturated carbocycles. The van der Waals surface area contributed by atoms with Crippen LogP contribution in [0.5, 0.6) is 0 Å². The van der Waals surface area contributed by atoms with E-state index in [1.54, 1.807) is 5.32 Å². The number of hydrogen-bond acceptors (Lipinski definition) is 5. The summed E-state index contributed by atoms with van der Waals surface area (Å²) in [6.45, 7) is 4.43. The summed E-state index contributed by atoms with van der Waals surface area (Å²) in [6, 6.07) is -4.44. The fourth-order valence-corrected chi connectivity index (χ4v) is 5.70. The molecule has 2 saturated heterocycles. The highest BCUT2D eigenvalue weighted by Gasteiger charge is 2.60. The van der Waals surface area contributed by atoms with Crippen LogP contribution in [0.15, 0.2) is 0 Å². The average molecular weight is 568 g/mol. The lowest BCUT2D eigenvalue weighted by molar-refractivity contribution is -0.191. The van der Waals surface area contributed by atoms with Crippen LogP contribution < -0.4 is 21.7 Å². The predicted octanol–water partition coefficient (Wildman–Crippen LogP) is 0.982. The number of piperidine rings is 1. The minimum absolute atomic E-state index is 0.0731. The van der Waals surface area contributed by atoms with Gasteiger partial charge in [0, 0.05) is 31.8 Å². The van der Waals surface area contributed by atoms with E-state index in [0.29, 0.717) is 13.0 Å². The van der Waals surface area contributed by atoms with Crippen LogP contribution in [-0.2, 0) is 24.0 Å². The molecule has 15 heteroatoms. The molecule has 0 aromatic rings. The molecule has 2 unspecified atom stereocenters. The molecule has 5 N–H and O–H groups in total. The van der Waals surface area contributed by atoms with E-state index in [4.69, 9.17) is 5.73 Å². The highest BCUT2D eigenvalue weighted by Crippen LogP contribution is 2.58. The van der Waals surface area contributed by atoms with E-state index in [-0.39, 0.29) is 31.7 Å². The second-order valence-electron chi connectivity index (χ2n) is 12.0. The van der Waals surface area contributed by atoms with Crippen molar-refractivity contribution in [1.29, 1.82) is 0 Å². The summed E-state index contributed by atoms with van der Waals surface area (Å²) in [5.41, 5.74) is 3.24. The fourth-order valence-electron chi connectivity index (χ4n) is 5.70. The normalized spacial score (nSPS) is 25.7. The van der Waals surface area contributed by atoms with Gasteiger partial charge < -0.3 is 26.6 Å². The van der Waals surface area contributed by atoms with Gasteiger partial charge in [-0.05, 0) is 36.5 Å². The Morgan fingerprint density at radius 3 is 2.21 bits per heavy atom. The van der Waals surface area contributed by atoms with Crippen molar-refractivity contribution in [3.8, 4) is 0 Å². The Bertz CT molecular complexity index is 1020. The number of likely N-dealkylation sites (tertiary alicyclic amines) is 1. The van der Waals surface area contributed by atoms with Crippen LogP contribution in [0.2, 0.25) is 0 Å². The summed E-state index contributed by atoms with van der Waals surface area (Å²) >= 11 is 0. The summed E-state index contributed by atoms with van der Waals surface area (Å²) in [5, 5.41) is 6.72. The molecule has 1 aliphatic carbocycles. The number of nitrogens with zero attached hydrogens (tertiary/aromatic N) is 1.